The molecular weight excluding hydrogens is 176 g/mol. The molecule has 1 fully saturated rings. The highest BCUT2D eigenvalue weighted by Gasteiger charge is 2.47. The minimum absolute atomic E-state index is 0.00287. The Morgan fingerprint density at radius 2 is 2.50 bits per heavy atom. The van der Waals surface area contributed by atoms with Crippen LogP contribution >= 0.6 is 0 Å². The van der Waals surface area contributed by atoms with Crippen molar-refractivity contribution in [1.29, 1.82) is 0 Å². The first-order valence-corrected chi connectivity index (χ1v) is 5.57. The quantitative estimate of drug-likeness (QED) is 0.510. The lowest BCUT2D eigenvalue weighted by Gasteiger charge is -2.23. The van der Waals surface area contributed by atoms with Crippen LogP contribution in [-0.4, -0.2) is 12.1 Å². The molecule has 14 heavy (non-hydrogen) atoms. The number of hydrogen-bond acceptors (Lipinski definition) is 2. The number of allylic oxidation sites excluding steroid dienone is 1. The Hall–Kier alpha value is -0.790. The molecule has 2 bridgehead atoms. The van der Waals surface area contributed by atoms with Gasteiger partial charge in [0.2, 0.25) is 0 Å². The zero-order chi connectivity index (χ0) is 10.2. The second-order valence-electron chi connectivity index (χ2n) is 4.64. The maximum atomic E-state index is 11.9. The third-order valence-corrected chi connectivity index (χ3v) is 3.56. The standard InChI is InChI=1S/C12H18O2/c1-3-9(2)14-11(13)12-6-4-10(8-12)5-7-12/h4,6,9-10H,3,5,7-8H2,1-2H3. The third-order valence-electron chi connectivity index (χ3n) is 3.56. The number of esters is 1. The molecule has 0 aromatic heterocycles. The normalized spacial score (nSPS) is 36.0. The molecule has 3 unspecified atom stereocenters. The van der Waals surface area contributed by atoms with Crippen LogP contribution < -0.4 is 0 Å². The van der Waals surface area contributed by atoms with Crippen molar-refractivity contribution in [2.24, 2.45) is 11.3 Å². The monoisotopic (exact) mass is 194 g/mol. The van der Waals surface area contributed by atoms with Gasteiger partial charge in [0.05, 0.1) is 11.5 Å². The van der Waals surface area contributed by atoms with Crippen molar-refractivity contribution in [1.82, 2.24) is 0 Å². The van der Waals surface area contributed by atoms with E-state index in [9.17, 15) is 4.79 Å². The Bertz CT molecular complexity index is 269. The maximum Gasteiger partial charge on any atom is 0.316 e. The Labute approximate surface area is 85.3 Å². The molecular formula is C12H18O2. The van der Waals surface area contributed by atoms with Crippen LogP contribution in [0.4, 0.5) is 0 Å². The van der Waals surface area contributed by atoms with E-state index in [0.29, 0.717) is 5.92 Å². The predicted octanol–water partition coefficient (Wildman–Crippen LogP) is 2.68. The van der Waals surface area contributed by atoms with Gasteiger partial charge in [0.1, 0.15) is 0 Å². The first kappa shape index (κ1) is 9.75. The summed E-state index contributed by atoms with van der Waals surface area (Å²) < 4.78 is 5.41. The van der Waals surface area contributed by atoms with Crippen LogP contribution in [0, 0.1) is 11.3 Å². The molecule has 0 aromatic carbocycles. The summed E-state index contributed by atoms with van der Waals surface area (Å²) in [5, 5.41) is 0. The van der Waals surface area contributed by atoms with Gasteiger partial charge in [-0.05, 0) is 38.5 Å². The van der Waals surface area contributed by atoms with Gasteiger partial charge in [0, 0.05) is 0 Å². The van der Waals surface area contributed by atoms with Crippen LogP contribution in [0.5, 0.6) is 0 Å². The molecule has 2 heteroatoms. The molecule has 2 aliphatic rings. The summed E-state index contributed by atoms with van der Waals surface area (Å²) in [7, 11) is 0. The zero-order valence-corrected chi connectivity index (χ0v) is 8.95. The highest BCUT2D eigenvalue weighted by Crippen LogP contribution is 2.49. The molecule has 0 amide bonds. The van der Waals surface area contributed by atoms with Crippen LogP contribution in [0.1, 0.15) is 39.5 Å². The van der Waals surface area contributed by atoms with Crippen molar-refractivity contribution in [3.63, 3.8) is 0 Å². The van der Waals surface area contributed by atoms with E-state index in [-0.39, 0.29) is 17.5 Å². The average molecular weight is 194 g/mol. The summed E-state index contributed by atoms with van der Waals surface area (Å²) >= 11 is 0. The van der Waals surface area contributed by atoms with E-state index in [1.807, 2.05) is 13.8 Å². The van der Waals surface area contributed by atoms with Gasteiger partial charge < -0.3 is 4.74 Å². The smallest absolute Gasteiger partial charge is 0.316 e. The Morgan fingerprint density at radius 1 is 1.71 bits per heavy atom. The average Bonchev–Trinajstić information content (AvgIpc) is 2.78. The fraction of sp³-hybridized carbons (Fsp3) is 0.750. The molecule has 2 nitrogen and oxygen atoms in total. The van der Waals surface area contributed by atoms with Crippen LogP contribution in [0.2, 0.25) is 0 Å². The summed E-state index contributed by atoms with van der Waals surface area (Å²) in [5.41, 5.74) is -0.242. The number of hydrogen-bond donors (Lipinski definition) is 0. The SMILES string of the molecule is CCC(C)OC(=O)C12C=CC(CC1)C2. The van der Waals surface area contributed by atoms with E-state index < -0.39 is 0 Å². The number of carbonyl (C=O) groups excluding carboxylic acids is 1. The Balaban J connectivity index is 2.01. The molecule has 0 saturated heterocycles. The summed E-state index contributed by atoms with van der Waals surface area (Å²) in [6, 6.07) is 0. The zero-order valence-electron chi connectivity index (χ0n) is 8.95. The first-order chi connectivity index (χ1) is 6.66. The highest BCUT2D eigenvalue weighted by molar-refractivity contribution is 5.80. The van der Waals surface area contributed by atoms with Crippen LogP contribution in [0.25, 0.3) is 0 Å². The van der Waals surface area contributed by atoms with Crippen LogP contribution in [0.15, 0.2) is 12.2 Å². The molecule has 0 aliphatic heterocycles. The summed E-state index contributed by atoms with van der Waals surface area (Å²) in [4.78, 5) is 11.9. The second kappa shape index (κ2) is 3.41. The van der Waals surface area contributed by atoms with Crippen molar-refractivity contribution in [3.8, 4) is 0 Å². The van der Waals surface area contributed by atoms with Gasteiger partial charge in [-0.25, -0.2) is 0 Å². The summed E-state index contributed by atoms with van der Waals surface area (Å²) in [6.45, 7) is 4.00. The van der Waals surface area contributed by atoms with Gasteiger partial charge in [-0.3, -0.25) is 4.79 Å². The molecule has 2 rings (SSSR count). The van der Waals surface area contributed by atoms with E-state index >= 15 is 0 Å². The van der Waals surface area contributed by atoms with Gasteiger partial charge >= 0.3 is 5.97 Å². The predicted molar refractivity (Wildman–Crippen MR) is 54.8 cm³/mol. The van der Waals surface area contributed by atoms with E-state index in [0.717, 1.165) is 25.7 Å². The van der Waals surface area contributed by atoms with E-state index in [4.69, 9.17) is 4.74 Å². The Kier molecular flexibility index (Phi) is 2.38. The fourth-order valence-electron chi connectivity index (χ4n) is 2.39. The number of ether oxygens (including phenoxy) is 1. The topological polar surface area (TPSA) is 26.3 Å². The second-order valence-corrected chi connectivity index (χ2v) is 4.64. The van der Waals surface area contributed by atoms with Crippen molar-refractivity contribution >= 4 is 5.97 Å². The first-order valence-electron chi connectivity index (χ1n) is 5.57. The lowest BCUT2D eigenvalue weighted by atomic mass is 9.88. The minimum Gasteiger partial charge on any atom is -0.462 e. The third kappa shape index (κ3) is 1.47. The molecule has 1 saturated carbocycles. The number of rotatable bonds is 3. The molecule has 78 valence electrons. The largest absolute Gasteiger partial charge is 0.462 e. The molecule has 0 radical (unpaired) electrons. The van der Waals surface area contributed by atoms with Crippen LogP contribution in [0.3, 0.4) is 0 Å². The summed E-state index contributed by atoms with van der Waals surface area (Å²) in [6.07, 6.45) is 8.35. The molecule has 0 heterocycles. The van der Waals surface area contributed by atoms with Gasteiger partial charge in [-0.2, -0.15) is 0 Å². The van der Waals surface area contributed by atoms with Crippen LogP contribution in [-0.2, 0) is 9.53 Å². The van der Waals surface area contributed by atoms with Crippen molar-refractivity contribution < 1.29 is 9.53 Å². The van der Waals surface area contributed by atoms with E-state index in [2.05, 4.69) is 12.2 Å². The fourth-order valence-corrected chi connectivity index (χ4v) is 2.39. The van der Waals surface area contributed by atoms with Gasteiger partial charge in [0.15, 0.2) is 0 Å². The number of carbonyl (C=O) groups is 1. The highest BCUT2D eigenvalue weighted by atomic mass is 16.5. The van der Waals surface area contributed by atoms with Crippen molar-refractivity contribution in [2.75, 3.05) is 0 Å². The van der Waals surface area contributed by atoms with Crippen molar-refractivity contribution in [2.45, 2.75) is 45.6 Å². The van der Waals surface area contributed by atoms with Crippen molar-refractivity contribution in [3.05, 3.63) is 12.2 Å². The van der Waals surface area contributed by atoms with Gasteiger partial charge in [0.25, 0.3) is 0 Å². The lowest BCUT2D eigenvalue weighted by molar-refractivity contribution is -0.157. The molecule has 2 aliphatic carbocycles. The number of fused-ring (bicyclic) bond motifs is 2. The molecule has 0 aromatic rings. The maximum absolute atomic E-state index is 11.9. The Morgan fingerprint density at radius 3 is 2.93 bits per heavy atom. The lowest BCUT2D eigenvalue weighted by Crippen LogP contribution is -2.29. The summed E-state index contributed by atoms with van der Waals surface area (Å²) in [5.74, 6) is 0.641. The molecule has 3 atom stereocenters. The van der Waals surface area contributed by atoms with E-state index in [1.165, 1.54) is 0 Å². The molecule has 0 spiro atoms. The van der Waals surface area contributed by atoms with Gasteiger partial charge in [-0.15, -0.1) is 0 Å². The van der Waals surface area contributed by atoms with Gasteiger partial charge in [-0.1, -0.05) is 19.1 Å². The minimum atomic E-state index is -0.242. The van der Waals surface area contributed by atoms with E-state index in [1.54, 1.807) is 0 Å². The molecule has 0 N–H and O–H groups in total.